The summed E-state index contributed by atoms with van der Waals surface area (Å²) in [4.78, 5) is 10.9. The molecule has 3 aromatic rings. The predicted octanol–water partition coefficient (Wildman–Crippen LogP) is 4.39. The van der Waals surface area contributed by atoms with Crippen LogP contribution >= 0.6 is 0 Å². The third-order valence-corrected chi connectivity index (χ3v) is 4.00. The second-order valence-electron chi connectivity index (χ2n) is 5.90. The summed E-state index contributed by atoms with van der Waals surface area (Å²) in [5.41, 5.74) is 2.18. The van der Waals surface area contributed by atoms with Gasteiger partial charge in [0.1, 0.15) is 0 Å². The number of hydrogen-bond donors (Lipinski definition) is 1. The number of nitrogens with zero attached hydrogens (tertiary/aromatic N) is 2. The number of aryl methyl sites for hydroxylation is 1. The van der Waals surface area contributed by atoms with Crippen molar-refractivity contribution in [2.45, 2.75) is 12.6 Å². The van der Waals surface area contributed by atoms with Crippen molar-refractivity contribution >= 4 is 5.97 Å². The average molecular weight is 360 g/mol. The van der Waals surface area contributed by atoms with Crippen LogP contribution in [0.15, 0.2) is 54.6 Å². The lowest BCUT2D eigenvalue weighted by molar-refractivity contribution is -0.137. The molecule has 0 fully saturated rings. The van der Waals surface area contributed by atoms with Crippen LogP contribution in [0.3, 0.4) is 0 Å². The Hall–Kier alpha value is -3.09. The van der Waals surface area contributed by atoms with Gasteiger partial charge in [0.2, 0.25) is 0 Å². The first-order chi connectivity index (χ1) is 12.2. The average Bonchev–Trinajstić information content (AvgIpc) is 2.94. The summed E-state index contributed by atoms with van der Waals surface area (Å²) in [7, 11) is 1.73. The molecule has 7 heteroatoms. The molecule has 0 atom stereocenters. The van der Waals surface area contributed by atoms with Crippen molar-refractivity contribution in [2.24, 2.45) is 7.05 Å². The molecule has 1 aromatic heterocycles. The van der Waals surface area contributed by atoms with Gasteiger partial charge in [0.15, 0.2) is 0 Å². The number of hydrogen-bond acceptors (Lipinski definition) is 2. The van der Waals surface area contributed by atoms with Crippen molar-refractivity contribution < 1.29 is 23.1 Å². The summed E-state index contributed by atoms with van der Waals surface area (Å²) >= 11 is 0. The zero-order valence-corrected chi connectivity index (χ0v) is 13.8. The van der Waals surface area contributed by atoms with Crippen LogP contribution in [0, 0.1) is 0 Å². The number of rotatable bonds is 4. The van der Waals surface area contributed by atoms with Crippen LogP contribution < -0.4 is 0 Å². The van der Waals surface area contributed by atoms with Crippen LogP contribution in [0.4, 0.5) is 13.2 Å². The Bertz CT molecular complexity index is 944. The minimum Gasteiger partial charge on any atom is -0.478 e. The molecule has 26 heavy (non-hydrogen) atoms. The summed E-state index contributed by atoms with van der Waals surface area (Å²) in [5, 5.41) is 13.3. The van der Waals surface area contributed by atoms with E-state index in [1.165, 1.54) is 18.2 Å². The van der Waals surface area contributed by atoms with E-state index < -0.39 is 17.7 Å². The van der Waals surface area contributed by atoms with E-state index in [4.69, 9.17) is 5.11 Å². The second kappa shape index (κ2) is 6.67. The van der Waals surface area contributed by atoms with E-state index in [1.807, 2.05) is 0 Å². The first-order valence-electron chi connectivity index (χ1n) is 7.77. The van der Waals surface area contributed by atoms with Crippen LogP contribution in [0.2, 0.25) is 0 Å². The standard InChI is InChI=1S/C19H15F3N2O2/c1-24-17(13-5-7-14(8-6-13)18(25)26)11-16(23-24)10-12-3-2-4-15(9-12)19(20,21)22/h2-9,11H,10H2,1H3,(H,25,26). The summed E-state index contributed by atoms with van der Waals surface area (Å²) in [6.07, 6.45) is -4.11. The van der Waals surface area contributed by atoms with Crippen LogP contribution in [0.25, 0.3) is 11.3 Å². The van der Waals surface area contributed by atoms with Crippen molar-refractivity contribution in [3.05, 3.63) is 77.0 Å². The molecule has 0 aliphatic rings. The molecule has 2 aromatic carbocycles. The maximum absolute atomic E-state index is 12.8. The van der Waals surface area contributed by atoms with E-state index in [-0.39, 0.29) is 12.0 Å². The van der Waals surface area contributed by atoms with E-state index in [9.17, 15) is 18.0 Å². The molecule has 4 nitrogen and oxygen atoms in total. The maximum Gasteiger partial charge on any atom is 0.416 e. The van der Waals surface area contributed by atoms with Gasteiger partial charge in [0.05, 0.1) is 22.5 Å². The second-order valence-corrected chi connectivity index (χ2v) is 5.90. The molecule has 3 rings (SSSR count). The normalized spacial score (nSPS) is 11.5. The van der Waals surface area contributed by atoms with Gasteiger partial charge >= 0.3 is 12.1 Å². The van der Waals surface area contributed by atoms with E-state index in [1.54, 1.807) is 36.0 Å². The molecule has 0 radical (unpaired) electrons. The number of aromatic carboxylic acids is 1. The highest BCUT2D eigenvalue weighted by molar-refractivity contribution is 5.88. The minimum absolute atomic E-state index is 0.181. The lowest BCUT2D eigenvalue weighted by Crippen LogP contribution is -2.05. The molecule has 0 bridgehead atoms. The highest BCUT2D eigenvalue weighted by atomic mass is 19.4. The molecule has 0 aliphatic heterocycles. The number of alkyl halides is 3. The first kappa shape index (κ1) is 17.7. The van der Waals surface area contributed by atoms with Crippen LogP contribution in [0.1, 0.15) is 27.2 Å². The number of carbonyl (C=O) groups is 1. The molecule has 0 saturated heterocycles. The number of carboxylic acids is 1. The topological polar surface area (TPSA) is 55.1 Å². The van der Waals surface area contributed by atoms with Gasteiger partial charge in [0.25, 0.3) is 0 Å². The molecule has 0 spiro atoms. The van der Waals surface area contributed by atoms with E-state index >= 15 is 0 Å². The predicted molar refractivity (Wildman–Crippen MR) is 89.9 cm³/mol. The fraction of sp³-hybridized carbons (Fsp3) is 0.158. The largest absolute Gasteiger partial charge is 0.478 e. The fourth-order valence-electron chi connectivity index (χ4n) is 2.73. The third-order valence-electron chi connectivity index (χ3n) is 4.00. The van der Waals surface area contributed by atoms with Gasteiger partial charge in [-0.15, -0.1) is 0 Å². The molecular formula is C19H15F3N2O2. The van der Waals surface area contributed by atoms with Crippen LogP contribution in [-0.2, 0) is 19.6 Å². The zero-order chi connectivity index (χ0) is 18.9. The Morgan fingerprint density at radius 3 is 2.42 bits per heavy atom. The lowest BCUT2D eigenvalue weighted by Gasteiger charge is -2.07. The van der Waals surface area contributed by atoms with Gasteiger partial charge in [-0.2, -0.15) is 18.3 Å². The molecule has 1 heterocycles. The summed E-state index contributed by atoms with van der Waals surface area (Å²) in [6.45, 7) is 0. The van der Waals surface area contributed by atoms with Gasteiger partial charge in [-0.3, -0.25) is 4.68 Å². The van der Waals surface area contributed by atoms with Crippen molar-refractivity contribution in [1.29, 1.82) is 0 Å². The molecule has 0 amide bonds. The number of aromatic nitrogens is 2. The highest BCUT2D eigenvalue weighted by Gasteiger charge is 2.30. The van der Waals surface area contributed by atoms with Crippen LogP contribution in [-0.4, -0.2) is 20.9 Å². The van der Waals surface area contributed by atoms with E-state index in [0.29, 0.717) is 11.3 Å². The van der Waals surface area contributed by atoms with Crippen LogP contribution in [0.5, 0.6) is 0 Å². The number of halogens is 3. The quantitative estimate of drug-likeness (QED) is 0.751. The van der Waals surface area contributed by atoms with Crippen molar-refractivity contribution in [3.8, 4) is 11.3 Å². The van der Waals surface area contributed by atoms with Gasteiger partial charge in [0, 0.05) is 13.5 Å². The molecular weight excluding hydrogens is 345 g/mol. The Kier molecular flexibility index (Phi) is 4.54. The highest BCUT2D eigenvalue weighted by Crippen LogP contribution is 2.30. The molecule has 0 aliphatic carbocycles. The number of carboxylic acid groups (broad SMARTS) is 1. The molecule has 134 valence electrons. The molecule has 1 N–H and O–H groups in total. The fourth-order valence-corrected chi connectivity index (χ4v) is 2.73. The Balaban J connectivity index is 1.86. The Morgan fingerprint density at radius 2 is 1.81 bits per heavy atom. The summed E-state index contributed by atoms with van der Waals surface area (Å²) in [5.74, 6) is -1.01. The van der Waals surface area contributed by atoms with Gasteiger partial charge in [-0.05, 0) is 35.4 Å². The first-order valence-corrected chi connectivity index (χ1v) is 7.77. The van der Waals surface area contributed by atoms with Gasteiger partial charge in [-0.25, -0.2) is 4.79 Å². The lowest BCUT2D eigenvalue weighted by atomic mass is 10.0. The summed E-state index contributed by atoms with van der Waals surface area (Å²) in [6, 6.07) is 13.3. The summed E-state index contributed by atoms with van der Waals surface area (Å²) < 4.78 is 40.1. The van der Waals surface area contributed by atoms with E-state index in [0.717, 1.165) is 23.4 Å². The van der Waals surface area contributed by atoms with Crippen molar-refractivity contribution in [3.63, 3.8) is 0 Å². The Labute approximate surface area is 147 Å². The van der Waals surface area contributed by atoms with E-state index in [2.05, 4.69) is 5.10 Å². The SMILES string of the molecule is Cn1nc(Cc2cccc(C(F)(F)F)c2)cc1-c1ccc(C(=O)O)cc1. The zero-order valence-electron chi connectivity index (χ0n) is 13.8. The third kappa shape index (κ3) is 3.77. The monoisotopic (exact) mass is 360 g/mol. The van der Waals surface area contributed by atoms with Gasteiger partial charge < -0.3 is 5.11 Å². The molecule has 0 saturated carbocycles. The van der Waals surface area contributed by atoms with Gasteiger partial charge in [-0.1, -0.05) is 30.3 Å². The number of benzene rings is 2. The smallest absolute Gasteiger partial charge is 0.416 e. The minimum atomic E-state index is -4.38. The molecule has 0 unspecified atom stereocenters. The van der Waals surface area contributed by atoms with Crippen molar-refractivity contribution in [2.75, 3.05) is 0 Å². The van der Waals surface area contributed by atoms with Crippen molar-refractivity contribution in [1.82, 2.24) is 9.78 Å². The maximum atomic E-state index is 12.8. The Morgan fingerprint density at radius 1 is 1.12 bits per heavy atom.